The maximum Gasteiger partial charge on any atom is 0.0707 e. The van der Waals surface area contributed by atoms with Crippen molar-refractivity contribution in [3.63, 3.8) is 0 Å². The van der Waals surface area contributed by atoms with Crippen LogP contribution in [0.5, 0.6) is 0 Å². The Morgan fingerprint density at radius 2 is 1.94 bits per heavy atom. The number of rotatable bonds is 2. The lowest BCUT2D eigenvalue weighted by Gasteiger charge is -2.07. The molecule has 0 bridgehead atoms. The molecule has 2 nitrogen and oxygen atoms in total. The van der Waals surface area contributed by atoms with Gasteiger partial charge in [0, 0.05) is 18.3 Å². The first-order chi connectivity index (χ1) is 7.70. The van der Waals surface area contributed by atoms with Crippen LogP contribution in [0.15, 0.2) is 36.5 Å². The van der Waals surface area contributed by atoms with Crippen LogP contribution < -0.4 is 5.73 Å². The molecular weight excluding hydrogens is 196 g/mol. The van der Waals surface area contributed by atoms with Crippen LogP contribution in [-0.2, 0) is 6.54 Å². The molecule has 2 rings (SSSR count). The highest BCUT2D eigenvalue weighted by Gasteiger charge is 2.04. The molecule has 0 spiro atoms. The lowest BCUT2D eigenvalue weighted by Crippen LogP contribution is -1.97. The monoisotopic (exact) mass is 212 g/mol. The second kappa shape index (κ2) is 4.45. The van der Waals surface area contributed by atoms with Gasteiger partial charge in [0.15, 0.2) is 0 Å². The van der Waals surface area contributed by atoms with Crippen LogP contribution in [0.3, 0.4) is 0 Å². The molecule has 0 unspecified atom stereocenters. The smallest absolute Gasteiger partial charge is 0.0707 e. The van der Waals surface area contributed by atoms with Gasteiger partial charge in [0.25, 0.3) is 0 Å². The fourth-order valence-corrected chi connectivity index (χ4v) is 1.76. The standard InChI is InChI=1S/C14H16N2/c1-10-3-4-11(2)13(7-10)14-8-12(9-15)5-6-16-14/h3-8H,9,15H2,1-2H3. The van der Waals surface area contributed by atoms with Crippen molar-refractivity contribution in [3.05, 3.63) is 53.2 Å². The summed E-state index contributed by atoms with van der Waals surface area (Å²) in [7, 11) is 0. The molecule has 0 aliphatic carbocycles. The van der Waals surface area contributed by atoms with E-state index in [2.05, 4.69) is 43.1 Å². The topological polar surface area (TPSA) is 38.9 Å². The fraction of sp³-hybridized carbons (Fsp3) is 0.214. The molecular formula is C14H16N2. The zero-order valence-electron chi connectivity index (χ0n) is 9.70. The van der Waals surface area contributed by atoms with Crippen molar-refractivity contribution in [2.75, 3.05) is 0 Å². The Hall–Kier alpha value is -1.67. The molecule has 82 valence electrons. The van der Waals surface area contributed by atoms with Crippen molar-refractivity contribution < 1.29 is 0 Å². The second-order valence-electron chi connectivity index (χ2n) is 4.07. The number of nitrogens with zero attached hydrogens (tertiary/aromatic N) is 1. The molecule has 0 radical (unpaired) electrons. The Morgan fingerprint density at radius 1 is 1.12 bits per heavy atom. The predicted octanol–water partition coefficient (Wildman–Crippen LogP) is 2.82. The minimum atomic E-state index is 0.556. The second-order valence-corrected chi connectivity index (χ2v) is 4.07. The van der Waals surface area contributed by atoms with Crippen molar-refractivity contribution in [1.82, 2.24) is 4.98 Å². The van der Waals surface area contributed by atoms with Gasteiger partial charge in [0.05, 0.1) is 5.69 Å². The summed E-state index contributed by atoms with van der Waals surface area (Å²) >= 11 is 0. The summed E-state index contributed by atoms with van der Waals surface area (Å²) in [5.41, 5.74) is 11.4. The summed E-state index contributed by atoms with van der Waals surface area (Å²) in [4.78, 5) is 4.40. The van der Waals surface area contributed by atoms with Gasteiger partial charge in [-0.05, 0) is 43.2 Å². The molecule has 1 aromatic carbocycles. The highest BCUT2D eigenvalue weighted by atomic mass is 14.7. The molecule has 1 aromatic heterocycles. The fourth-order valence-electron chi connectivity index (χ4n) is 1.76. The summed E-state index contributed by atoms with van der Waals surface area (Å²) in [6, 6.07) is 10.4. The van der Waals surface area contributed by atoms with Crippen molar-refractivity contribution in [2.24, 2.45) is 5.73 Å². The minimum absolute atomic E-state index is 0.556. The number of hydrogen-bond donors (Lipinski definition) is 1. The Labute approximate surface area is 96.1 Å². The van der Waals surface area contributed by atoms with Crippen LogP contribution in [0.2, 0.25) is 0 Å². The lowest BCUT2D eigenvalue weighted by atomic mass is 10.0. The van der Waals surface area contributed by atoms with Crippen LogP contribution in [0.25, 0.3) is 11.3 Å². The summed E-state index contributed by atoms with van der Waals surface area (Å²) in [6.07, 6.45) is 1.82. The Morgan fingerprint density at radius 3 is 2.69 bits per heavy atom. The number of benzene rings is 1. The van der Waals surface area contributed by atoms with E-state index in [1.54, 1.807) is 0 Å². The Balaban J connectivity index is 2.53. The summed E-state index contributed by atoms with van der Waals surface area (Å²) < 4.78 is 0. The third-order valence-corrected chi connectivity index (χ3v) is 2.73. The first-order valence-electron chi connectivity index (χ1n) is 5.43. The van der Waals surface area contributed by atoms with Gasteiger partial charge in [0.1, 0.15) is 0 Å². The van der Waals surface area contributed by atoms with E-state index < -0.39 is 0 Å². The van der Waals surface area contributed by atoms with Crippen LogP contribution in [0, 0.1) is 13.8 Å². The number of hydrogen-bond acceptors (Lipinski definition) is 2. The first kappa shape index (κ1) is 10.8. The van der Waals surface area contributed by atoms with E-state index in [0.29, 0.717) is 6.54 Å². The average Bonchev–Trinajstić information content (AvgIpc) is 2.32. The zero-order valence-corrected chi connectivity index (χ0v) is 9.70. The quantitative estimate of drug-likeness (QED) is 0.831. The normalized spacial score (nSPS) is 10.4. The van der Waals surface area contributed by atoms with Crippen LogP contribution in [0.4, 0.5) is 0 Å². The summed E-state index contributed by atoms with van der Waals surface area (Å²) in [6.45, 7) is 4.75. The molecule has 2 aromatic rings. The summed E-state index contributed by atoms with van der Waals surface area (Å²) in [5, 5.41) is 0. The van der Waals surface area contributed by atoms with Gasteiger partial charge in [-0.25, -0.2) is 0 Å². The van der Waals surface area contributed by atoms with Crippen LogP contribution in [0.1, 0.15) is 16.7 Å². The van der Waals surface area contributed by atoms with Gasteiger partial charge in [-0.3, -0.25) is 4.98 Å². The average molecular weight is 212 g/mol. The van der Waals surface area contributed by atoms with E-state index in [9.17, 15) is 0 Å². The third-order valence-electron chi connectivity index (χ3n) is 2.73. The Bertz CT molecular complexity index is 504. The lowest BCUT2D eigenvalue weighted by molar-refractivity contribution is 1.06. The third kappa shape index (κ3) is 2.12. The number of aryl methyl sites for hydroxylation is 2. The molecule has 0 amide bonds. The van der Waals surface area contributed by atoms with E-state index in [1.165, 1.54) is 16.7 Å². The number of aromatic nitrogens is 1. The summed E-state index contributed by atoms with van der Waals surface area (Å²) in [5.74, 6) is 0. The highest BCUT2D eigenvalue weighted by Crippen LogP contribution is 2.23. The van der Waals surface area contributed by atoms with Crippen LogP contribution >= 0.6 is 0 Å². The van der Waals surface area contributed by atoms with Gasteiger partial charge in [-0.15, -0.1) is 0 Å². The van der Waals surface area contributed by atoms with Crippen molar-refractivity contribution in [1.29, 1.82) is 0 Å². The molecule has 0 saturated carbocycles. The SMILES string of the molecule is Cc1ccc(C)c(-c2cc(CN)ccn2)c1. The predicted molar refractivity (Wildman–Crippen MR) is 67.0 cm³/mol. The molecule has 0 aliphatic heterocycles. The van der Waals surface area contributed by atoms with Gasteiger partial charge in [0.2, 0.25) is 0 Å². The van der Waals surface area contributed by atoms with Gasteiger partial charge in [-0.1, -0.05) is 17.7 Å². The maximum absolute atomic E-state index is 5.64. The molecule has 1 heterocycles. The first-order valence-corrected chi connectivity index (χ1v) is 5.43. The van der Waals surface area contributed by atoms with E-state index in [-0.39, 0.29) is 0 Å². The van der Waals surface area contributed by atoms with Crippen molar-refractivity contribution in [2.45, 2.75) is 20.4 Å². The minimum Gasteiger partial charge on any atom is -0.326 e. The number of nitrogens with two attached hydrogens (primary N) is 1. The highest BCUT2D eigenvalue weighted by molar-refractivity contribution is 5.64. The van der Waals surface area contributed by atoms with Gasteiger partial charge in [-0.2, -0.15) is 0 Å². The van der Waals surface area contributed by atoms with Gasteiger partial charge < -0.3 is 5.73 Å². The molecule has 16 heavy (non-hydrogen) atoms. The van der Waals surface area contributed by atoms with Crippen molar-refractivity contribution in [3.8, 4) is 11.3 Å². The molecule has 2 heteroatoms. The molecule has 0 atom stereocenters. The molecule has 0 aliphatic rings. The van der Waals surface area contributed by atoms with E-state index in [0.717, 1.165) is 11.3 Å². The number of pyridine rings is 1. The molecule has 0 saturated heterocycles. The molecule has 2 N–H and O–H groups in total. The van der Waals surface area contributed by atoms with E-state index in [4.69, 9.17) is 5.73 Å². The largest absolute Gasteiger partial charge is 0.326 e. The van der Waals surface area contributed by atoms with E-state index in [1.807, 2.05) is 12.3 Å². The van der Waals surface area contributed by atoms with Gasteiger partial charge >= 0.3 is 0 Å². The van der Waals surface area contributed by atoms with Crippen LogP contribution in [-0.4, -0.2) is 4.98 Å². The molecule has 0 fully saturated rings. The van der Waals surface area contributed by atoms with E-state index >= 15 is 0 Å². The zero-order chi connectivity index (χ0) is 11.5. The Kier molecular flexibility index (Phi) is 3.02. The van der Waals surface area contributed by atoms with Crippen molar-refractivity contribution >= 4 is 0 Å². The maximum atomic E-state index is 5.64.